The number of nitriles is 1. The predicted molar refractivity (Wildman–Crippen MR) is 45.9 cm³/mol. The average Bonchev–Trinajstić information content (AvgIpc) is 2.43. The molecule has 1 aliphatic rings. The number of nitrogens with zero attached hydrogens (tertiary/aromatic N) is 1. The largest absolute Gasteiger partial charge is 0.198 e. The lowest BCUT2D eigenvalue weighted by Crippen LogP contribution is -2.20. The van der Waals surface area contributed by atoms with Gasteiger partial charge >= 0.3 is 0 Å². The zero-order valence-corrected chi connectivity index (χ0v) is 7.94. The molecular weight excluding hydrogens is 134 g/mol. The van der Waals surface area contributed by atoms with Crippen LogP contribution in [0.5, 0.6) is 0 Å². The van der Waals surface area contributed by atoms with Crippen molar-refractivity contribution in [2.75, 3.05) is 0 Å². The van der Waals surface area contributed by atoms with Crippen LogP contribution in [0.25, 0.3) is 0 Å². The van der Waals surface area contributed by atoms with Crippen LogP contribution in [0.2, 0.25) is 0 Å². The first-order valence-corrected chi connectivity index (χ1v) is 4.29. The molecule has 1 aliphatic carbocycles. The summed E-state index contributed by atoms with van der Waals surface area (Å²) in [7, 11) is 0. The molecule has 0 aliphatic heterocycles. The summed E-state index contributed by atoms with van der Waals surface area (Å²) >= 11 is 0. The van der Waals surface area contributed by atoms with Gasteiger partial charge in [0.15, 0.2) is 0 Å². The monoisotopic (exact) mass is 151 g/mol. The third-order valence-electron chi connectivity index (χ3n) is 3.46. The van der Waals surface area contributed by atoms with Gasteiger partial charge < -0.3 is 0 Å². The predicted octanol–water partition coefficient (Wildman–Crippen LogP) is 2.97. The van der Waals surface area contributed by atoms with Gasteiger partial charge in [-0.1, -0.05) is 27.7 Å². The molecule has 0 bridgehead atoms. The molecule has 0 aromatic rings. The van der Waals surface area contributed by atoms with Crippen LogP contribution in [-0.2, 0) is 0 Å². The molecule has 1 heteroatoms. The number of hydrogen-bond acceptors (Lipinski definition) is 1. The van der Waals surface area contributed by atoms with Crippen LogP contribution < -0.4 is 0 Å². The van der Waals surface area contributed by atoms with Crippen LogP contribution in [0.15, 0.2) is 0 Å². The zero-order chi connectivity index (χ0) is 8.70. The van der Waals surface area contributed by atoms with E-state index in [4.69, 9.17) is 5.26 Å². The van der Waals surface area contributed by atoms with E-state index in [1.165, 1.54) is 6.42 Å². The molecule has 0 aromatic carbocycles. The van der Waals surface area contributed by atoms with Gasteiger partial charge in [0.2, 0.25) is 0 Å². The lowest BCUT2D eigenvalue weighted by atomic mass is 9.77. The molecule has 1 saturated carbocycles. The molecule has 0 heterocycles. The van der Waals surface area contributed by atoms with E-state index in [0.29, 0.717) is 16.7 Å². The molecule has 0 aromatic heterocycles. The summed E-state index contributed by atoms with van der Waals surface area (Å²) in [5.41, 5.74) is 0.803. The van der Waals surface area contributed by atoms with Crippen molar-refractivity contribution in [2.45, 2.75) is 40.5 Å². The van der Waals surface area contributed by atoms with Gasteiger partial charge in [0, 0.05) is 6.42 Å². The molecule has 2 unspecified atom stereocenters. The maximum atomic E-state index is 8.52. The van der Waals surface area contributed by atoms with Gasteiger partial charge in [-0.2, -0.15) is 5.26 Å². The SMILES string of the molecule is CC(C)(C)C1(C)CC1CC#N. The summed E-state index contributed by atoms with van der Waals surface area (Å²) in [6.45, 7) is 9.11. The Balaban J connectivity index is 2.57. The van der Waals surface area contributed by atoms with Gasteiger partial charge in [-0.3, -0.25) is 0 Å². The van der Waals surface area contributed by atoms with Gasteiger partial charge in [0.1, 0.15) is 0 Å². The van der Waals surface area contributed by atoms with Crippen molar-refractivity contribution in [1.29, 1.82) is 5.26 Å². The van der Waals surface area contributed by atoms with Crippen molar-refractivity contribution in [3.05, 3.63) is 0 Å². The molecule has 62 valence electrons. The van der Waals surface area contributed by atoms with E-state index < -0.39 is 0 Å². The smallest absolute Gasteiger partial charge is 0.0624 e. The van der Waals surface area contributed by atoms with Crippen molar-refractivity contribution >= 4 is 0 Å². The molecule has 0 spiro atoms. The Morgan fingerprint density at radius 1 is 1.55 bits per heavy atom. The number of hydrogen-bond donors (Lipinski definition) is 0. The summed E-state index contributed by atoms with van der Waals surface area (Å²) < 4.78 is 0. The fraction of sp³-hybridized carbons (Fsp3) is 0.900. The first kappa shape index (κ1) is 8.59. The standard InChI is InChI=1S/C10H17N/c1-9(2,3)10(4)7-8(10)5-6-11/h8H,5,7H2,1-4H3. The number of rotatable bonds is 1. The fourth-order valence-corrected chi connectivity index (χ4v) is 1.78. The molecule has 0 saturated heterocycles. The van der Waals surface area contributed by atoms with Crippen molar-refractivity contribution in [3.8, 4) is 6.07 Å². The third kappa shape index (κ3) is 1.27. The second-order valence-corrected chi connectivity index (χ2v) is 4.93. The lowest BCUT2D eigenvalue weighted by molar-refractivity contribution is 0.214. The first-order chi connectivity index (χ1) is 4.92. The van der Waals surface area contributed by atoms with Crippen LogP contribution in [0.4, 0.5) is 0 Å². The first-order valence-electron chi connectivity index (χ1n) is 4.29. The third-order valence-corrected chi connectivity index (χ3v) is 3.46. The second-order valence-electron chi connectivity index (χ2n) is 4.93. The summed E-state index contributed by atoms with van der Waals surface area (Å²) in [5.74, 6) is 0.660. The molecule has 1 rings (SSSR count). The Morgan fingerprint density at radius 3 is 2.36 bits per heavy atom. The van der Waals surface area contributed by atoms with Crippen LogP contribution in [0.3, 0.4) is 0 Å². The fourth-order valence-electron chi connectivity index (χ4n) is 1.78. The van der Waals surface area contributed by atoms with Gasteiger partial charge in [0.25, 0.3) is 0 Å². The summed E-state index contributed by atoms with van der Waals surface area (Å²) in [6.07, 6.45) is 1.98. The minimum absolute atomic E-state index is 0.370. The van der Waals surface area contributed by atoms with E-state index in [1.54, 1.807) is 0 Å². The Kier molecular flexibility index (Phi) is 1.75. The van der Waals surface area contributed by atoms with Crippen molar-refractivity contribution in [3.63, 3.8) is 0 Å². The van der Waals surface area contributed by atoms with Crippen molar-refractivity contribution in [2.24, 2.45) is 16.7 Å². The van der Waals surface area contributed by atoms with E-state index in [0.717, 1.165) is 6.42 Å². The molecule has 0 N–H and O–H groups in total. The Labute approximate surface area is 69.4 Å². The maximum absolute atomic E-state index is 8.52. The van der Waals surface area contributed by atoms with E-state index in [-0.39, 0.29) is 0 Å². The van der Waals surface area contributed by atoms with E-state index in [1.807, 2.05) is 0 Å². The minimum atomic E-state index is 0.370. The minimum Gasteiger partial charge on any atom is -0.198 e. The Morgan fingerprint density at radius 2 is 2.09 bits per heavy atom. The van der Waals surface area contributed by atoms with Crippen LogP contribution in [0, 0.1) is 28.1 Å². The Bertz CT molecular complexity index is 194. The van der Waals surface area contributed by atoms with E-state index in [2.05, 4.69) is 33.8 Å². The summed E-state index contributed by atoms with van der Waals surface area (Å²) in [6, 6.07) is 2.26. The van der Waals surface area contributed by atoms with Crippen LogP contribution in [-0.4, -0.2) is 0 Å². The zero-order valence-electron chi connectivity index (χ0n) is 7.94. The van der Waals surface area contributed by atoms with E-state index >= 15 is 0 Å². The van der Waals surface area contributed by atoms with Gasteiger partial charge in [-0.05, 0) is 23.2 Å². The molecule has 0 radical (unpaired) electrons. The highest BCUT2D eigenvalue weighted by Gasteiger charge is 2.56. The highest BCUT2D eigenvalue weighted by atomic mass is 14.6. The van der Waals surface area contributed by atoms with Gasteiger partial charge in [0.05, 0.1) is 6.07 Å². The van der Waals surface area contributed by atoms with Gasteiger partial charge in [-0.15, -0.1) is 0 Å². The molecular formula is C10H17N. The van der Waals surface area contributed by atoms with Crippen molar-refractivity contribution < 1.29 is 0 Å². The van der Waals surface area contributed by atoms with E-state index in [9.17, 15) is 0 Å². The van der Waals surface area contributed by atoms with Gasteiger partial charge in [-0.25, -0.2) is 0 Å². The summed E-state index contributed by atoms with van der Waals surface area (Å²) in [4.78, 5) is 0. The quantitative estimate of drug-likeness (QED) is 0.565. The van der Waals surface area contributed by atoms with Crippen molar-refractivity contribution in [1.82, 2.24) is 0 Å². The molecule has 11 heavy (non-hydrogen) atoms. The Hall–Kier alpha value is -0.510. The lowest BCUT2D eigenvalue weighted by Gasteiger charge is -2.28. The molecule has 0 amide bonds. The molecule has 1 fully saturated rings. The maximum Gasteiger partial charge on any atom is 0.0624 e. The molecule has 1 nitrogen and oxygen atoms in total. The molecule has 2 atom stereocenters. The van der Waals surface area contributed by atoms with Crippen LogP contribution >= 0.6 is 0 Å². The normalized spacial score (nSPS) is 36.5. The highest BCUT2D eigenvalue weighted by molar-refractivity contribution is 5.08. The van der Waals surface area contributed by atoms with Crippen LogP contribution in [0.1, 0.15) is 40.5 Å². The summed E-state index contributed by atoms with van der Waals surface area (Å²) in [5, 5.41) is 8.52. The second kappa shape index (κ2) is 2.24. The highest BCUT2D eigenvalue weighted by Crippen LogP contribution is 2.63. The average molecular weight is 151 g/mol. The topological polar surface area (TPSA) is 23.8 Å².